The number of hydrogen-bond acceptors (Lipinski definition) is 3. The summed E-state index contributed by atoms with van der Waals surface area (Å²) in [4.78, 5) is 15.3. The minimum Gasteiger partial charge on any atom is -0.481 e. The molecule has 1 aliphatic rings. The average molecular weight is 276 g/mol. The number of aromatic nitrogens is 1. The van der Waals surface area contributed by atoms with Crippen molar-refractivity contribution in [3.05, 3.63) is 28.0 Å². The second-order valence-corrected chi connectivity index (χ2v) is 4.96. The number of carboxylic acids is 1. The molecule has 0 spiro atoms. The van der Waals surface area contributed by atoms with Crippen LogP contribution in [0.25, 0.3) is 0 Å². The number of aliphatic carboxylic acids is 1. The van der Waals surface area contributed by atoms with E-state index in [1.165, 1.54) is 12.3 Å². The molecule has 1 aromatic heterocycles. The summed E-state index contributed by atoms with van der Waals surface area (Å²) in [6.07, 6.45) is 2.32. The first-order valence-electron chi connectivity index (χ1n) is 5.15. The Bertz CT molecular complexity index is 444. The quantitative estimate of drug-likeness (QED) is 0.861. The van der Waals surface area contributed by atoms with E-state index in [9.17, 15) is 9.90 Å². The summed E-state index contributed by atoms with van der Waals surface area (Å²) >= 11 is 11.7. The lowest BCUT2D eigenvalue weighted by molar-refractivity contribution is -0.148. The average Bonchev–Trinajstić information content (AvgIpc) is 2.72. The van der Waals surface area contributed by atoms with Crippen LogP contribution >= 0.6 is 23.2 Å². The number of ether oxygens (including phenoxy) is 1. The SMILES string of the molecule is O=C(O)C1(Cc2cnc(Cl)cc2Cl)CCOC1. The van der Waals surface area contributed by atoms with E-state index in [4.69, 9.17) is 27.9 Å². The lowest BCUT2D eigenvalue weighted by Crippen LogP contribution is -2.34. The van der Waals surface area contributed by atoms with Gasteiger partial charge in [0.1, 0.15) is 5.15 Å². The van der Waals surface area contributed by atoms with Crippen molar-refractivity contribution in [3.8, 4) is 0 Å². The van der Waals surface area contributed by atoms with Crippen molar-refractivity contribution in [2.75, 3.05) is 13.2 Å². The highest BCUT2D eigenvalue weighted by Gasteiger charge is 2.42. The van der Waals surface area contributed by atoms with E-state index in [1.807, 2.05) is 0 Å². The molecule has 92 valence electrons. The van der Waals surface area contributed by atoms with E-state index in [-0.39, 0.29) is 6.61 Å². The third-order valence-electron chi connectivity index (χ3n) is 2.98. The molecular formula is C11H11Cl2NO3. The van der Waals surface area contributed by atoms with Crippen LogP contribution in [-0.4, -0.2) is 29.3 Å². The van der Waals surface area contributed by atoms with E-state index in [0.717, 1.165) is 0 Å². The molecule has 4 nitrogen and oxygen atoms in total. The van der Waals surface area contributed by atoms with Crippen LogP contribution in [0.2, 0.25) is 10.2 Å². The van der Waals surface area contributed by atoms with Crippen LogP contribution in [0.4, 0.5) is 0 Å². The first kappa shape index (κ1) is 12.6. The number of carbonyl (C=O) groups is 1. The van der Waals surface area contributed by atoms with E-state index in [0.29, 0.717) is 35.2 Å². The number of nitrogens with zero attached hydrogens (tertiary/aromatic N) is 1. The molecule has 1 aromatic rings. The smallest absolute Gasteiger partial charge is 0.312 e. The van der Waals surface area contributed by atoms with Crippen molar-refractivity contribution in [3.63, 3.8) is 0 Å². The number of rotatable bonds is 3. The summed E-state index contributed by atoms with van der Waals surface area (Å²) in [6, 6.07) is 1.52. The molecule has 1 unspecified atom stereocenters. The van der Waals surface area contributed by atoms with Crippen molar-refractivity contribution < 1.29 is 14.6 Å². The summed E-state index contributed by atoms with van der Waals surface area (Å²) in [5, 5.41) is 10.0. The van der Waals surface area contributed by atoms with E-state index < -0.39 is 11.4 Å². The summed E-state index contributed by atoms with van der Waals surface area (Å²) < 4.78 is 5.19. The highest BCUT2D eigenvalue weighted by atomic mass is 35.5. The monoisotopic (exact) mass is 275 g/mol. The highest BCUT2D eigenvalue weighted by molar-refractivity contribution is 6.34. The minimum absolute atomic E-state index is 0.210. The summed E-state index contributed by atoms with van der Waals surface area (Å²) in [6.45, 7) is 0.673. The van der Waals surface area contributed by atoms with E-state index >= 15 is 0 Å². The molecule has 0 aromatic carbocycles. The van der Waals surface area contributed by atoms with Gasteiger partial charge in [0.15, 0.2) is 0 Å². The number of carboxylic acid groups (broad SMARTS) is 1. The third kappa shape index (κ3) is 2.54. The molecule has 0 saturated carbocycles. The normalized spacial score (nSPS) is 23.9. The molecule has 1 N–H and O–H groups in total. The fraction of sp³-hybridized carbons (Fsp3) is 0.455. The van der Waals surface area contributed by atoms with Crippen molar-refractivity contribution in [1.82, 2.24) is 4.98 Å². The van der Waals surface area contributed by atoms with Gasteiger partial charge in [-0.3, -0.25) is 4.79 Å². The molecular weight excluding hydrogens is 265 g/mol. The van der Waals surface area contributed by atoms with Gasteiger partial charge in [0, 0.05) is 17.8 Å². The number of halogens is 2. The summed E-state index contributed by atoms with van der Waals surface area (Å²) in [5.41, 5.74) is -0.206. The predicted octanol–water partition coefficient (Wildman–Crippen LogP) is 2.42. The lowest BCUT2D eigenvalue weighted by atomic mass is 9.81. The van der Waals surface area contributed by atoms with Crippen LogP contribution < -0.4 is 0 Å². The Hall–Kier alpha value is -0.840. The van der Waals surface area contributed by atoms with Gasteiger partial charge in [0.2, 0.25) is 0 Å². The topological polar surface area (TPSA) is 59.4 Å². The van der Waals surface area contributed by atoms with Gasteiger partial charge in [-0.1, -0.05) is 23.2 Å². The Kier molecular flexibility index (Phi) is 3.56. The Balaban J connectivity index is 2.26. The van der Waals surface area contributed by atoms with Gasteiger partial charge in [-0.25, -0.2) is 4.98 Å². The first-order chi connectivity index (χ1) is 8.03. The van der Waals surface area contributed by atoms with Crippen molar-refractivity contribution in [1.29, 1.82) is 0 Å². The Morgan fingerprint density at radius 3 is 2.88 bits per heavy atom. The largest absolute Gasteiger partial charge is 0.481 e. The molecule has 1 saturated heterocycles. The van der Waals surface area contributed by atoms with Gasteiger partial charge >= 0.3 is 5.97 Å². The number of hydrogen-bond donors (Lipinski definition) is 1. The molecule has 1 fully saturated rings. The molecule has 1 atom stereocenters. The Labute approximate surface area is 109 Å². The third-order valence-corrected chi connectivity index (χ3v) is 3.54. The molecule has 17 heavy (non-hydrogen) atoms. The van der Waals surface area contributed by atoms with Crippen LogP contribution in [0.1, 0.15) is 12.0 Å². The van der Waals surface area contributed by atoms with Crippen molar-refractivity contribution in [2.45, 2.75) is 12.8 Å². The maximum absolute atomic E-state index is 11.3. The molecule has 0 bridgehead atoms. The highest BCUT2D eigenvalue weighted by Crippen LogP contribution is 2.35. The Morgan fingerprint density at radius 1 is 1.59 bits per heavy atom. The maximum atomic E-state index is 11.3. The van der Waals surface area contributed by atoms with Crippen LogP contribution in [-0.2, 0) is 16.0 Å². The van der Waals surface area contributed by atoms with E-state index in [1.54, 1.807) is 0 Å². The van der Waals surface area contributed by atoms with Gasteiger partial charge in [-0.05, 0) is 24.5 Å². The molecule has 0 radical (unpaired) electrons. The second-order valence-electron chi connectivity index (χ2n) is 4.16. The zero-order valence-corrected chi connectivity index (χ0v) is 10.5. The van der Waals surface area contributed by atoms with Crippen LogP contribution in [0, 0.1) is 5.41 Å². The molecule has 6 heteroatoms. The number of pyridine rings is 1. The maximum Gasteiger partial charge on any atom is 0.312 e. The predicted molar refractivity (Wildman–Crippen MR) is 63.5 cm³/mol. The second kappa shape index (κ2) is 4.80. The van der Waals surface area contributed by atoms with Gasteiger partial charge in [-0.2, -0.15) is 0 Å². The first-order valence-corrected chi connectivity index (χ1v) is 5.90. The summed E-state index contributed by atoms with van der Waals surface area (Å²) in [5.74, 6) is -0.860. The van der Waals surface area contributed by atoms with Gasteiger partial charge < -0.3 is 9.84 Å². The fourth-order valence-corrected chi connectivity index (χ4v) is 2.35. The van der Waals surface area contributed by atoms with Crippen LogP contribution in [0.5, 0.6) is 0 Å². The van der Waals surface area contributed by atoms with Crippen LogP contribution in [0.3, 0.4) is 0 Å². The van der Waals surface area contributed by atoms with Gasteiger partial charge in [0.25, 0.3) is 0 Å². The molecule has 1 aliphatic heterocycles. The zero-order valence-electron chi connectivity index (χ0n) is 8.95. The standard InChI is InChI=1S/C11H11Cl2NO3/c12-8-3-9(13)14-5-7(8)4-11(10(15)16)1-2-17-6-11/h3,5H,1-2,4,6H2,(H,15,16). The molecule has 2 heterocycles. The van der Waals surface area contributed by atoms with Crippen LogP contribution in [0.15, 0.2) is 12.3 Å². The molecule has 2 rings (SSSR count). The van der Waals surface area contributed by atoms with Crippen molar-refractivity contribution >= 4 is 29.2 Å². The lowest BCUT2D eigenvalue weighted by Gasteiger charge is -2.22. The molecule has 0 aliphatic carbocycles. The summed E-state index contributed by atoms with van der Waals surface area (Å²) in [7, 11) is 0. The fourth-order valence-electron chi connectivity index (χ4n) is 1.92. The van der Waals surface area contributed by atoms with Crippen molar-refractivity contribution in [2.24, 2.45) is 5.41 Å². The Morgan fingerprint density at radius 2 is 2.35 bits per heavy atom. The van der Waals surface area contributed by atoms with Gasteiger partial charge in [-0.15, -0.1) is 0 Å². The van der Waals surface area contributed by atoms with Gasteiger partial charge in [0.05, 0.1) is 12.0 Å². The minimum atomic E-state index is -0.890. The zero-order chi connectivity index (χ0) is 12.5. The van der Waals surface area contributed by atoms with E-state index in [2.05, 4.69) is 4.98 Å². The molecule has 0 amide bonds.